The molecule has 2 aliphatic heterocycles. The van der Waals surface area contributed by atoms with Gasteiger partial charge >= 0.3 is 5.69 Å². The molecule has 2 aliphatic rings. The van der Waals surface area contributed by atoms with Crippen molar-refractivity contribution in [1.82, 2.24) is 24.8 Å². The molecule has 1 amide bonds. The second-order valence-electron chi connectivity index (χ2n) is 11.0. The van der Waals surface area contributed by atoms with Gasteiger partial charge in [0.15, 0.2) is 5.82 Å². The Bertz CT molecular complexity index is 1600. The number of aromatic hydroxyl groups is 1. The Morgan fingerprint density at radius 3 is 2.63 bits per heavy atom. The molecule has 41 heavy (non-hydrogen) atoms. The maximum Gasteiger partial charge on any atom is 0.351 e. The van der Waals surface area contributed by atoms with Crippen LogP contribution >= 0.6 is 0 Å². The van der Waals surface area contributed by atoms with Gasteiger partial charge < -0.3 is 20.2 Å². The Hall–Kier alpha value is -4.12. The predicted octanol–water partition coefficient (Wildman–Crippen LogP) is 3.78. The van der Waals surface area contributed by atoms with E-state index in [-0.39, 0.29) is 46.3 Å². The number of piperazine rings is 1. The van der Waals surface area contributed by atoms with Crippen molar-refractivity contribution >= 4 is 22.8 Å². The first kappa shape index (κ1) is 28.4. The molecular weight excluding hydrogens is 530 g/mol. The molecule has 0 bridgehead atoms. The van der Waals surface area contributed by atoms with E-state index < -0.39 is 34.8 Å². The molecule has 11 heteroatoms. The van der Waals surface area contributed by atoms with E-state index in [1.807, 2.05) is 38.7 Å². The zero-order chi connectivity index (χ0) is 29.6. The fourth-order valence-corrected chi connectivity index (χ4v) is 5.95. The smallest absolute Gasteiger partial charge is 0.351 e. The number of nitrogens with one attached hydrogen (secondary N) is 1. The topological polar surface area (TPSA) is 104 Å². The van der Waals surface area contributed by atoms with Gasteiger partial charge in [-0.25, -0.2) is 18.6 Å². The van der Waals surface area contributed by atoms with Gasteiger partial charge in [-0.2, -0.15) is 4.98 Å². The summed E-state index contributed by atoms with van der Waals surface area (Å²) in [5.74, 6) is -2.01. The van der Waals surface area contributed by atoms with Crippen LogP contribution in [0.4, 0.5) is 14.6 Å². The SMILES string of the molecule is C=CC(=O)N1CCN(c2nc(=O)n([C@H]3C(C)=CCN[C@H]3C(C)C)c3nc(-c4c(O)cccc4F)c(F)cc23)[C@@H](C)C1. The number of phenolic OH excluding ortho intramolecular Hbond substituents is 1. The highest BCUT2D eigenvalue weighted by atomic mass is 19.1. The number of carbonyl (C=O) groups excluding carboxylic acids is 1. The van der Waals surface area contributed by atoms with Gasteiger partial charge in [0, 0.05) is 38.3 Å². The van der Waals surface area contributed by atoms with E-state index in [1.165, 1.54) is 28.8 Å². The van der Waals surface area contributed by atoms with Gasteiger partial charge in [0.1, 0.15) is 28.7 Å². The normalized spacial score (nSPS) is 21.3. The Balaban J connectivity index is 1.78. The van der Waals surface area contributed by atoms with Crippen molar-refractivity contribution in [3.63, 3.8) is 0 Å². The molecule has 9 nitrogen and oxygen atoms in total. The number of anilines is 1. The Kier molecular flexibility index (Phi) is 7.65. The van der Waals surface area contributed by atoms with Crippen molar-refractivity contribution in [2.45, 2.75) is 45.8 Å². The average molecular weight is 565 g/mol. The van der Waals surface area contributed by atoms with E-state index in [0.717, 1.165) is 11.6 Å². The second kappa shape index (κ2) is 11.0. The highest BCUT2D eigenvalue weighted by Gasteiger charge is 2.35. The Labute approximate surface area is 236 Å². The molecule has 5 rings (SSSR count). The third-order valence-electron chi connectivity index (χ3n) is 8.03. The van der Waals surface area contributed by atoms with Crippen LogP contribution in [0, 0.1) is 17.6 Å². The molecule has 0 saturated carbocycles. The molecule has 216 valence electrons. The first-order valence-corrected chi connectivity index (χ1v) is 13.7. The number of halogens is 2. The summed E-state index contributed by atoms with van der Waals surface area (Å²) in [5, 5.41) is 14.2. The molecule has 1 aromatic carbocycles. The molecule has 1 saturated heterocycles. The summed E-state index contributed by atoms with van der Waals surface area (Å²) in [6.07, 6.45) is 3.25. The fourth-order valence-electron chi connectivity index (χ4n) is 5.95. The zero-order valence-corrected chi connectivity index (χ0v) is 23.6. The van der Waals surface area contributed by atoms with Gasteiger partial charge in [-0.05, 0) is 44.0 Å². The van der Waals surface area contributed by atoms with Crippen molar-refractivity contribution in [2.75, 3.05) is 31.1 Å². The van der Waals surface area contributed by atoms with E-state index >= 15 is 4.39 Å². The lowest BCUT2D eigenvalue weighted by Gasteiger charge is -2.41. The number of amides is 1. The number of rotatable bonds is 5. The molecule has 0 aliphatic carbocycles. The molecule has 0 unspecified atom stereocenters. The predicted molar refractivity (Wildman–Crippen MR) is 154 cm³/mol. The van der Waals surface area contributed by atoms with Crippen LogP contribution in [0.25, 0.3) is 22.3 Å². The zero-order valence-electron chi connectivity index (χ0n) is 23.6. The molecular formula is C30H34F2N6O3. The number of pyridine rings is 1. The van der Waals surface area contributed by atoms with Crippen LogP contribution in [0.5, 0.6) is 5.75 Å². The number of nitrogens with zero attached hydrogens (tertiary/aromatic N) is 5. The first-order valence-electron chi connectivity index (χ1n) is 13.7. The van der Waals surface area contributed by atoms with Crippen molar-refractivity contribution in [2.24, 2.45) is 5.92 Å². The Morgan fingerprint density at radius 1 is 1.22 bits per heavy atom. The van der Waals surface area contributed by atoms with Crippen LogP contribution in [0.1, 0.15) is 33.7 Å². The van der Waals surface area contributed by atoms with Crippen molar-refractivity contribution in [1.29, 1.82) is 0 Å². The number of hydrogen-bond acceptors (Lipinski definition) is 7. The van der Waals surface area contributed by atoms with Crippen LogP contribution in [-0.2, 0) is 4.79 Å². The van der Waals surface area contributed by atoms with Gasteiger partial charge in [0.05, 0.1) is 17.0 Å². The lowest BCUT2D eigenvalue weighted by atomic mass is 9.88. The van der Waals surface area contributed by atoms with Gasteiger partial charge in [-0.3, -0.25) is 9.36 Å². The van der Waals surface area contributed by atoms with E-state index in [1.54, 1.807) is 4.90 Å². The van der Waals surface area contributed by atoms with E-state index in [4.69, 9.17) is 0 Å². The number of phenols is 1. The van der Waals surface area contributed by atoms with Gasteiger partial charge in [-0.1, -0.05) is 38.1 Å². The van der Waals surface area contributed by atoms with E-state index in [9.17, 15) is 19.1 Å². The summed E-state index contributed by atoms with van der Waals surface area (Å²) in [6, 6.07) is 4.00. The number of fused-ring (bicyclic) bond motifs is 1. The average Bonchev–Trinajstić information content (AvgIpc) is 2.93. The van der Waals surface area contributed by atoms with Crippen LogP contribution < -0.4 is 15.9 Å². The third-order valence-corrected chi connectivity index (χ3v) is 8.03. The summed E-state index contributed by atoms with van der Waals surface area (Å²) in [5.41, 5.74) is -0.322. The number of carbonyl (C=O) groups is 1. The number of aromatic nitrogens is 3. The third kappa shape index (κ3) is 4.99. The minimum atomic E-state index is -0.867. The quantitative estimate of drug-likeness (QED) is 0.359. The highest BCUT2D eigenvalue weighted by Crippen LogP contribution is 2.37. The molecule has 2 N–H and O–H groups in total. The minimum Gasteiger partial charge on any atom is -0.507 e. The van der Waals surface area contributed by atoms with Crippen molar-refractivity contribution in [3.8, 4) is 17.0 Å². The Morgan fingerprint density at radius 2 is 1.98 bits per heavy atom. The second-order valence-corrected chi connectivity index (χ2v) is 11.0. The largest absolute Gasteiger partial charge is 0.507 e. The van der Waals surface area contributed by atoms with Crippen LogP contribution in [0.15, 0.2) is 53.4 Å². The van der Waals surface area contributed by atoms with E-state index in [0.29, 0.717) is 26.2 Å². The number of benzene rings is 1. The van der Waals surface area contributed by atoms with Gasteiger partial charge in [0.25, 0.3) is 0 Å². The van der Waals surface area contributed by atoms with E-state index in [2.05, 4.69) is 21.9 Å². The summed E-state index contributed by atoms with van der Waals surface area (Å²) in [6.45, 7) is 13.2. The molecule has 1 fully saturated rings. The van der Waals surface area contributed by atoms with Crippen LogP contribution in [0.2, 0.25) is 0 Å². The summed E-state index contributed by atoms with van der Waals surface area (Å²) >= 11 is 0. The fraction of sp³-hybridized carbons (Fsp3) is 0.400. The molecule has 3 atom stereocenters. The minimum absolute atomic E-state index is 0.122. The number of hydrogen-bond donors (Lipinski definition) is 2. The summed E-state index contributed by atoms with van der Waals surface area (Å²) in [7, 11) is 0. The van der Waals surface area contributed by atoms with Gasteiger partial charge in [-0.15, -0.1) is 0 Å². The van der Waals surface area contributed by atoms with Crippen LogP contribution in [-0.4, -0.2) is 68.7 Å². The summed E-state index contributed by atoms with van der Waals surface area (Å²) < 4.78 is 32.2. The molecule has 0 radical (unpaired) electrons. The molecule has 0 spiro atoms. The lowest BCUT2D eigenvalue weighted by Crippen LogP contribution is -2.54. The van der Waals surface area contributed by atoms with Gasteiger partial charge in [0.2, 0.25) is 5.91 Å². The molecule has 3 aromatic rings. The highest BCUT2D eigenvalue weighted by molar-refractivity contribution is 5.91. The molecule has 4 heterocycles. The lowest BCUT2D eigenvalue weighted by molar-refractivity contribution is -0.126. The standard InChI is InChI=1S/C30H34F2N6O3/c1-6-23(40)36-12-13-37(18(5)15-36)28-19-14-21(32)26(24-20(31)8-7-9-22(24)39)34-29(19)38(30(41)35-28)27-17(4)10-11-33-25(27)16(2)3/h6-10,14,16,18,25,27,33,39H,1,11-13,15H2,2-5H3/t18-,25-,27-/m0/s1. The maximum atomic E-state index is 15.8. The first-order chi connectivity index (χ1) is 19.5. The monoisotopic (exact) mass is 564 g/mol. The van der Waals surface area contributed by atoms with Crippen molar-refractivity contribution in [3.05, 3.63) is 70.7 Å². The maximum absolute atomic E-state index is 15.8. The van der Waals surface area contributed by atoms with Crippen molar-refractivity contribution < 1.29 is 18.7 Å². The van der Waals surface area contributed by atoms with Crippen LogP contribution in [0.3, 0.4) is 0 Å². The summed E-state index contributed by atoms with van der Waals surface area (Å²) in [4.78, 5) is 38.7. The molecule has 2 aromatic heterocycles.